The van der Waals surface area contributed by atoms with E-state index in [0.29, 0.717) is 19.3 Å². The van der Waals surface area contributed by atoms with E-state index in [2.05, 4.69) is 154 Å². The Bertz CT molecular complexity index is 2440. The number of unbranched alkanes of at least 4 members (excludes halogenated alkanes) is 33. The number of aliphatic hydroxyl groups is 2. The summed E-state index contributed by atoms with van der Waals surface area (Å²) in [7, 11) is -9.81. The Balaban J connectivity index is 4.48. The Hall–Kier alpha value is -4.31. The summed E-state index contributed by atoms with van der Waals surface area (Å²) in [4.78, 5) is 58.7. The molecule has 0 saturated carbocycles. The van der Waals surface area contributed by atoms with E-state index in [1.807, 2.05) is 0 Å². The van der Waals surface area contributed by atoms with Crippen LogP contribution in [-0.2, 0) is 55.8 Å². The maximum atomic E-state index is 13.0. The number of ether oxygens (including phenoxy) is 3. The van der Waals surface area contributed by atoms with E-state index in [1.165, 1.54) is 154 Å². The molecule has 0 saturated heterocycles. The average molecular weight is 1510 g/mol. The zero-order valence-electron chi connectivity index (χ0n) is 66.1. The lowest BCUT2D eigenvalue weighted by molar-refractivity contribution is -0.161. The van der Waals surface area contributed by atoms with Crippen LogP contribution >= 0.6 is 15.6 Å². The van der Waals surface area contributed by atoms with Gasteiger partial charge in [0.1, 0.15) is 25.4 Å². The van der Waals surface area contributed by atoms with Crippen molar-refractivity contribution in [2.45, 2.75) is 360 Å². The number of allylic oxidation sites excluding steroid dienone is 22. The molecule has 0 spiro atoms. The van der Waals surface area contributed by atoms with Crippen LogP contribution in [0.4, 0.5) is 0 Å². The summed E-state index contributed by atoms with van der Waals surface area (Å²) in [5.74, 6) is -1.63. The van der Waals surface area contributed by atoms with Crippen molar-refractivity contribution in [2.24, 2.45) is 0 Å². The zero-order chi connectivity index (χ0) is 76.6. The van der Waals surface area contributed by atoms with Crippen LogP contribution in [0.25, 0.3) is 0 Å². The molecule has 16 nitrogen and oxygen atoms in total. The maximum Gasteiger partial charge on any atom is 0.472 e. The highest BCUT2D eigenvalue weighted by atomic mass is 31.2. The minimum atomic E-state index is -4.94. The molecule has 5 atom stereocenters. The number of carbonyl (C=O) groups is 3. The second-order valence-electron chi connectivity index (χ2n) is 27.5. The summed E-state index contributed by atoms with van der Waals surface area (Å²) in [6.45, 7) is 2.49. The van der Waals surface area contributed by atoms with Crippen molar-refractivity contribution in [2.75, 3.05) is 39.6 Å². The molecule has 18 heteroatoms. The number of phosphoric ester groups is 2. The van der Waals surface area contributed by atoms with Crippen LogP contribution in [0.1, 0.15) is 342 Å². The molecule has 0 aliphatic rings. The molecule has 0 aromatic heterocycles. The Morgan fingerprint density at radius 1 is 0.276 bits per heavy atom. The molecule has 0 aromatic carbocycles. The number of aliphatic hydroxyl groups excluding tert-OH is 2. The fourth-order valence-electron chi connectivity index (χ4n) is 11.0. The van der Waals surface area contributed by atoms with E-state index in [1.54, 1.807) is 0 Å². The highest BCUT2D eigenvalue weighted by Gasteiger charge is 2.29. The van der Waals surface area contributed by atoms with Gasteiger partial charge >= 0.3 is 33.6 Å². The second kappa shape index (κ2) is 79.2. The van der Waals surface area contributed by atoms with E-state index >= 15 is 0 Å². The van der Waals surface area contributed by atoms with Gasteiger partial charge in [-0.25, -0.2) is 9.13 Å². The lowest BCUT2D eigenvalue weighted by atomic mass is 10.0. The molecule has 0 radical (unpaired) electrons. The standard InChI is InChI=1S/C87H150O16P2/c1-4-7-10-13-16-19-22-25-28-30-32-34-35-36-37-38-39-40-41-42-43-44-45-47-49-50-53-55-58-61-64-67-70-73-85(90)97-76-82(88)77-99-104(93,94)100-78-83(89)79-101-105(95,96)102-81-84(103-87(92)75-72-69-66-63-60-57-52-27-24-21-18-15-12-9-6-3)80-98-86(91)74-71-68-65-62-59-56-54-51-48-46-33-31-29-26-23-20-17-14-11-8-5-2/h8,11,16-17,19-20,25-29,32-34,36-37,46,51-52,54,59,62,82-84,88-89H,4-7,9-10,12-15,18,21-24,30-31,35,38-45,47-50,53,55-58,60-61,63-81H2,1-3H3,(H,93,94)(H,95,96)/b11-8-,19-16-,20-17-,28-25-,29-26-,34-32-,37-36-,46-33-,52-27-,54-51-,62-59-. The molecule has 0 rings (SSSR count). The van der Waals surface area contributed by atoms with Crippen molar-refractivity contribution in [1.29, 1.82) is 0 Å². The van der Waals surface area contributed by atoms with E-state index in [4.69, 9.17) is 32.3 Å². The summed E-state index contributed by atoms with van der Waals surface area (Å²) in [5.41, 5.74) is 0. The fourth-order valence-corrected chi connectivity index (χ4v) is 12.6. The topological polar surface area (TPSA) is 231 Å². The molecular formula is C87H150O16P2. The van der Waals surface area contributed by atoms with Crippen LogP contribution in [0.5, 0.6) is 0 Å². The van der Waals surface area contributed by atoms with Crippen LogP contribution in [0.3, 0.4) is 0 Å². The SMILES string of the molecule is CC/C=C\C/C=C\C/C=C\C/C=C\C/C=C\C/C=C\CCCCC(=O)OCC(COP(=O)(O)OCC(O)COP(=O)(O)OCC(O)COC(=O)CCCCCCCCCCCCCCCCCCC/C=C\C/C=C\C/C=C\C/C=C\CCCCC)OC(=O)CCCCCCC/C=C\CCCCCCCC. The van der Waals surface area contributed by atoms with Gasteiger partial charge in [-0.3, -0.25) is 32.5 Å². The van der Waals surface area contributed by atoms with E-state index in [-0.39, 0.29) is 19.3 Å². The molecule has 0 heterocycles. The Labute approximate surface area is 639 Å². The highest BCUT2D eigenvalue weighted by molar-refractivity contribution is 7.47. The van der Waals surface area contributed by atoms with Gasteiger partial charge in [-0.1, -0.05) is 315 Å². The molecule has 4 N–H and O–H groups in total. The number of hydrogen-bond donors (Lipinski definition) is 4. The van der Waals surface area contributed by atoms with Crippen LogP contribution in [0, 0.1) is 0 Å². The molecule has 604 valence electrons. The predicted molar refractivity (Wildman–Crippen MR) is 436 cm³/mol. The van der Waals surface area contributed by atoms with Crippen LogP contribution in [0.2, 0.25) is 0 Å². The van der Waals surface area contributed by atoms with Crippen LogP contribution < -0.4 is 0 Å². The fraction of sp³-hybridized carbons (Fsp3) is 0.713. The van der Waals surface area contributed by atoms with Crippen LogP contribution in [-0.4, -0.2) is 95.9 Å². The number of carbonyl (C=O) groups excluding carboxylic acids is 3. The molecule has 0 aromatic rings. The van der Waals surface area contributed by atoms with Crippen LogP contribution in [0.15, 0.2) is 134 Å². The molecule has 105 heavy (non-hydrogen) atoms. The lowest BCUT2D eigenvalue weighted by Gasteiger charge is -2.21. The van der Waals surface area contributed by atoms with Crippen molar-refractivity contribution in [1.82, 2.24) is 0 Å². The predicted octanol–water partition coefficient (Wildman–Crippen LogP) is 24.7. The van der Waals surface area contributed by atoms with Crippen molar-refractivity contribution in [3.63, 3.8) is 0 Å². The third kappa shape index (κ3) is 80.5. The Morgan fingerprint density at radius 2 is 0.505 bits per heavy atom. The average Bonchev–Trinajstić information content (AvgIpc) is 0.912. The quantitative estimate of drug-likeness (QED) is 0.0146. The molecule has 0 bridgehead atoms. The lowest BCUT2D eigenvalue weighted by Crippen LogP contribution is -2.30. The van der Waals surface area contributed by atoms with Crippen molar-refractivity contribution in [3.8, 4) is 0 Å². The summed E-state index contributed by atoms with van der Waals surface area (Å²) in [6, 6.07) is 0. The second-order valence-corrected chi connectivity index (χ2v) is 30.4. The number of rotatable bonds is 78. The minimum absolute atomic E-state index is 0.0826. The van der Waals surface area contributed by atoms with Gasteiger partial charge in [0, 0.05) is 19.3 Å². The molecule has 0 amide bonds. The van der Waals surface area contributed by atoms with Gasteiger partial charge in [-0.15, -0.1) is 0 Å². The van der Waals surface area contributed by atoms with Gasteiger partial charge in [-0.2, -0.15) is 0 Å². The third-order valence-corrected chi connectivity index (χ3v) is 19.2. The van der Waals surface area contributed by atoms with Gasteiger partial charge in [0.25, 0.3) is 0 Å². The minimum Gasteiger partial charge on any atom is -0.463 e. The molecule has 0 aliphatic carbocycles. The number of phosphoric acid groups is 2. The monoisotopic (exact) mass is 1510 g/mol. The molecule has 5 unspecified atom stereocenters. The van der Waals surface area contributed by atoms with Gasteiger partial charge in [-0.05, 0) is 141 Å². The van der Waals surface area contributed by atoms with Gasteiger partial charge in [0.05, 0.1) is 26.4 Å². The molecule has 0 fully saturated rings. The zero-order valence-corrected chi connectivity index (χ0v) is 67.9. The van der Waals surface area contributed by atoms with Crippen molar-refractivity contribution < 1.29 is 75.8 Å². The first kappa shape index (κ1) is 101. The smallest absolute Gasteiger partial charge is 0.463 e. The maximum absolute atomic E-state index is 13.0. The summed E-state index contributed by atoms with van der Waals surface area (Å²) in [5, 5.41) is 20.7. The summed E-state index contributed by atoms with van der Waals surface area (Å²) < 4.78 is 61.1. The molecular weight excluding hydrogens is 1360 g/mol. The molecule has 0 aliphatic heterocycles. The number of esters is 3. The van der Waals surface area contributed by atoms with Gasteiger partial charge in [0.15, 0.2) is 6.10 Å². The first-order valence-electron chi connectivity index (χ1n) is 41.5. The van der Waals surface area contributed by atoms with E-state index < -0.39 is 91.5 Å². The van der Waals surface area contributed by atoms with Gasteiger partial charge < -0.3 is 34.2 Å². The van der Waals surface area contributed by atoms with E-state index in [0.717, 1.165) is 128 Å². The van der Waals surface area contributed by atoms with Gasteiger partial charge in [0.2, 0.25) is 0 Å². The van der Waals surface area contributed by atoms with Crippen molar-refractivity contribution >= 4 is 33.6 Å². The summed E-state index contributed by atoms with van der Waals surface area (Å²) in [6.07, 6.45) is 96.6. The first-order chi connectivity index (χ1) is 51.2. The Morgan fingerprint density at radius 3 is 0.848 bits per heavy atom. The first-order valence-corrected chi connectivity index (χ1v) is 44.5. The van der Waals surface area contributed by atoms with E-state index in [9.17, 15) is 43.5 Å². The largest absolute Gasteiger partial charge is 0.472 e. The normalized spacial score (nSPS) is 14.6. The van der Waals surface area contributed by atoms with Crippen molar-refractivity contribution in [3.05, 3.63) is 134 Å². The summed E-state index contributed by atoms with van der Waals surface area (Å²) >= 11 is 0. The third-order valence-electron chi connectivity index (χ3n) is 17.3. The number of hydrogen-bond acceptors (Lipinski definition) is 14. The Kier molecular flexibility index (Phi) is 76.0. The highest BCUT2D eigenvalue weighted by Crippen LogP contribution is 2.45.